The zero-order valence-corrected chi connectivity index (χ0v) is 13.8. The number of nitrogens with one attached hydrogen (secondary N) is 1. The summed E-state index contributed by atoms with van der Waals surface area (Å²) in [6.45, 7) is 4.84. The van der Waals surface area contributed by atoms with Gasteiger partial charge in [0.15, 0.2) is 9.84 Å². The summed E-state index contributed by atoms with van der Waals surface area (Å²) in [5.41, 5.74) is 0. The second kappa shape index (κ2) is 7.56. The predicted octanol–water partition coefficient (Wildman–Crippen LogP) is 2.29. The van der Waals surface area contributed by atoms with Crippen LogP contribution in [-0.4, -0.2) is 36.5 Å². The van der Waals surface area contributed by atoms with Gasteiger partial charge in [0.2, 0.25) is 0 Å². The first kappa shape index (κ1) is 16.7. The summed E-state index contributed by atoms with van der Waals surface area (Å²) >= 11 is 0. The highest BCUT2D eigenvalue weighted by Gasteiger charge is 2.15. The number of hydrogen-bond donors (Lipinski definition) is 1. The average Bonchev–Trinajstić information content (AvgIpc) is 3.06. The number of hydrogen-bond acceptors (Lipinski definition) is 4. The molecule has 0 saturated heterocycles. The van der Waals surface area contributed by atoms with E-state index in [1.165, 1.54) is 0 Å². The Labute approximate surface area is 132 Å². The average molecular weight is 321 g/mol. The zero-order valence-electron chi connectivity index (χ0n) is 13.0. The van der Waals surface area contributed by atoms with Crippen LogP contribution >= 0.6 is 0 Å². The molecule has 0 bridgehead atoms. The lowest BCUT2D eigenvalue weighted by Crippen LogP contribution is -2.35. The fourth-order valence-electron chi connectivity index (χ4n) is 2.26. The lowest BCUT2D eigenvalue weighted by molar-refractivity contribution is 0.367. The van der Waals surface area contributed by atoms with E-state index < -0.39 is 9.84 Å². The Morgan fingerprint density at radius 1 is 1.18 bits per heavy atom. The van der Waals surface area contributed by atoms with Gasteiger partial charge in [-0.05, 0) is 45.0 Å². The van der Waals surface area contributed by atoms with Crippen LogP contribution in [0.15, 0.2) is 53.7 Å². The van der Waals surface area contributed by atoms with Crippen LogP contribution in [0.25, 0.3) is 0 Å². The third kappa shape index (κ3) is 4.42. The molecule has 1 heterocycles. The van der Waals surface area contributed by atoms with E-state index in [0.29, 0.717) is 17.9 Å². The molecule has 1 aromatic carbocycles. The Kier molecular flexibility index (Phi) is 5.74. The number of aromatic nitrogens is 2. The van der Waals surface area contributed by atoms with E-state index in [0.717, 1.165) is 0 Å². The van der Waals surface area contributed by atoms with Crippen molar-refractivity contribution < 1.29 is 8.42 Å². The van der Waals surface area contributed by atoms with E-state index in [-0.39, 0.29) is 17.8 Å². The van der Waals surface area contributed by atoms with E-state index in [4.69, 9.17) is 0 Å². The first-order chi connectivity index (χ1) is 10.5. The molecular weight excluding hydrogens is 298 g/mol. The smallest absolute Gasteiger partial charge is 0.178 e. The van der Waals surface area contributed by atoms with Crippen LogP contribution in [0.2, 0.25) is 0 Å². The lowest BCUT2D eigenvalue weighted by Gasteiger charge is -2.21. The molecule has 0 aliphatic heterocycles. The number of nitrogens with zero attached hydrogens (tertiary/aromatic N) is 2. The monoisotopic (exact) mass is 321 g/mol. The lowest BCUT2D eigenvalue weighted by atomic mass is 10.2. The number of rotatable bonds is 8. The highest BCUT2D eigenvalue weighted by molar-refractivity contribution is 7.91. The molecule has 22 heavy (non-hydrogen) atoms. The van der Waals surface area contributed by atoms with Gasteiger partial charge in [-0.1, -0.05) is 18.2 Å². The van der Waals surface area contributed by atoms with Gasteiger partial charge in [-0.3, -0.25) is 4.68 Å². The summed E-state index contributed by atoms with van der Waals surface area (Å²) < 4.78 is 26.2. The molecule has 2 unspecified atom stereocenters. The second-order valence-corrected chi connectivity index (χ2v) is 7.56. The van der Waals surface area contributed by atoms with E-state index in [9.17, 15) is 8.42 Å². The molecule has 2 aromatic rings. The summed E-state index contributed by atoms with van der Waals surface area (Å²) in [5, 5.41) is 7.59. The van der Waals surface area contributed by atoms with Crippen LogP contribution in [-0.2, 0) is 9.84 Å². The molecule has 0 aliphatic rings. The van der Waals surface area contributed by atoms with Crippen molar-refractivity contribution in [3.05, 3.63) is 48.8 Å². The maximum Gasteiger partial charge on any atom is 0.178 e. The van der Waals surface area contributed by atoms with Crippen molar-refractivity contribution in [2.75, 3.05) is 12.3 Å². The summed E-state index contributed by atoms with van der Waals surface area (Å²) in [7, 11) is -3.18. The van der Waals surface area contributed by atoms with E-state index >= 15 is 0 Å². The quantitative estimate of drug-likeness (QED) is 0.758. The normalized spacial score (nSPS) is 14.6. The highest BCUT2D eigenvalue weighted by atomic mass is 32.2. The first-order valence-electron chi connectivity index (χ1n) is 7.51. The summed E-state index contributed by atoms with van der Waals surface area (Å²) in [5.74, 6) is 0.160. The van der Waals surface area contributed by atoms with Crippen molar-refractivity contribution in [2.24, 2.45) is 0 Å². The van der Waals surface area contributed by atoms with Crippen molar-refractivity contribution >= 4 is 9.84 Å². The second-order valence-electron chi connectivity index (χ2n) is 5.45. The van der Waals surface area contributed by atoms with Crippen molar-refractivity contribution in [3.63, 3.8) is 0 Å². The molecule has 0 spiro atoms. The van der Waals surface area contributed by atoms with Crippen LogP contribution in [0.3, 0.4) is 0 Å². The van der Waals surface area contributed by atoms with Gasteiger partial charge in [0.1, 0.15) is 0 Å². The fourth-order valence-corrected chi connectivity index (χ4v) is 3.59. The molecule has 6 heteroatoms. The van der Waals surface area contributed by atoms with Gasteiger partial charge in [-0.2, -0.15) is 5.10 Å². The third-order valence-electron chi connectivity index (χ3n) is 3.82. The van der Waals surface area contributed by atoms with Gasteiger partial charge < -0.3 is 5.32 Å². The number of benzene rings is 1. The Balaban J connectivity index is 1.77. The molecule has 0 aliphatic carbocycles. The van der Waals surface area contributed by atoms with Crippen LogP contribution in [0.1, 0.15) is 26.3 Å². The predicted molar refractivity (Wildman–Crippen MR) is 87.5 cm³/mol. The van der Waals surface area contributed by atoms with Crippen molar-refractivity contribution in [1.29, 1.82) is 0 Å². The minimum atomic E-state index is -3.18. The number of sulfone groups is 1. The van der Waals surface area contributed by atoms with Gasteiger partial charge in [0.25, 0.3) is 0 Å². The molecule has 1 aromatic heterocycles. The summed E-state index contributed by atoms with van der Waals surface area (Å²) in [6, 6.07) is 10.9. The van der Waals surface area contributed by atoms with Crippen LogP contribution in [0.5, 0.6) is 0 Å². The first-order valence-corrected chi connectivity index (χ1v) is 9.16. The van der Waals surface area contributed by atoms with Crippen molar-refractivity contribution in [1.82, 2.24) is 15.1 Å². The molecule has 1 N–H and O–H groups in total. The van der Waals surface area contributed by atoms with Crippen molar-refractivity contribution in [3.8, 4) is 0 Å². The van der Waals surface area contributed by atoms with Gasteiger partial charge in [-0.25, -0.2) is 8.42 Å². The standard InChI is InChI=1S/C16H23N3O2S/c1-14(15(2)19-12-6-11-18-19)17-10-7-13-22(20,21)16-8-4-3-5-9-16/h3-6,8-9,11-12,14-15,17H,7,10,13H2,1-2H3. The molecular formula is C16H23N3O2S. The molecule has 0 fully saturated rings. The van der Waals surface area contributed by atoms with Gasteiger partial charge in [0, 0.05) is 18.4 Å². The molecule has 120 valence electrons. The zero-order chi connectivity index (χ0) is 16.0. The Hall–Kier alpha value is -1.66. The fraction of sp³-hybridized carbons (Fsp3) is 0.438. The summed E-state index contributed by atoms with van der Waals surface area (Å²) in [4.78, 5) is 0.396. The highest BCUT2D eigenvalue weighted by Crippen LogP contribution is 2.12. The van der Waals surface area contributed by atoms with E-state index in [1.807, 2.05) is 23.0 Å². The van der Waals surface area contributed by atoms with E-state index in [1.54, 1.807) is 30.5 Å². The molecule has 0 saturated carbocycles. The molecule has 0 amide bonds. The Bertz CT molecular complexity index is 654. The molecule has 2 atom stereocenters. The maximum atomic E-state index is 12.2. The third-order valence-corrected chi connectivity index (χ3v) is 5.64. The van der Waals surface area contributed by atoms with E-state index in [2.05, 4.69) is 24.3 Å². The largest absolute Gasteiger partial charge is 0.312 e. The van der Waals surface area contributed by atoms with Crippen LogP contribution in [0, 0.1) is 0 Å². The summed E-state index contributed by atoms with van der Waals surface area (Å²) in [6.07, 6.45) is 4.28. The van der Waals surface area contributed by atoms with Gasteiger partial charge in [-0.15, -0.1) is 0 Å². The minimum Gasteiger partial charge on any atom is -0.312 e. The SMILES string of the molecule is CC(NCCCS(=O)(=O)c1ccccc1)C(C)n1cccn1. The van der Waals surface area contributed by atoms with Crippen molar-refractivity contribution in [2.45, 2.75) is 37.2 Å². The molecule has 5 nitrogen and oxygen atoms in total. The van der Waals surface area contributed by atoms with Crippen LogP contribution < -0.4 is 5.32 Å². The van der Waals surface area contributed by atoms with Gasteiger partial charge in [0.05, 0.1) is 16.7 Å². The molecule has 2 rings (SSSR count). The topological polar surface area (TPSA) is 64.0 Å². The Morgan fingerprint density at radius 3 is 2.55 bits per heavy atom. The Morgan fingerprint density at radius 2 is 1.91 bits per heavy atom. The molecule has 0 radical (unpaired) electrons. The van der Waals surface area contributed by atoms with Crippen LogP contribution in [0.4, 0.5) is 0 Å². The maximum absolute atomic E-state index is 12.2. The van der Waals surface area contributed by atoms with Gasteiger partial charge >= 0.3 is 0 Å². The minimum absolute atomic E-state index is 0.160.